The number of hydrazone groups is 1. The molecule has 0 saturated heterocycles. The van der Waals surface area contributed by atoms with Gasteiger partial charge < -0.3 is 4.42 Å². The SMILES string of the molecule is Cc1ccc(-c2ccc(/C=N\NC(=O)c3cccnc3)o2)cc1Br. The van der Waals surface area contributed by atoms with E-state index in [1.165, 1.54) is 12.4 Å². The highest BCUT2D eigenvalue weighted by Gasteiger charge is 2.06. The van der Waals surface area contributed by atoms with Crippen molar-refractivity contribution in [1.29, 1.82) is 0 Å². The fraction of sp³-hybridized carbons (Fsp3) is 0.0556. The summed E-state index contributed by atoms with van der Waals surface area (Å²) in [4.78, 5) is 15.7. The Kier molecular flexibility index (Phi) is 4.86. The zero-order valence-corrected chi connectivity index (χ0v) is 14.4. The second-order valence-electron chi connectivity index (χ2n) is 5.11. The molecule has 0 aliphatic rings. The number of aryl methyl sites for hydroxylation is 1. The van der Waals surface area contributed by atoms with Crippen molar-refractivity contribution < 1.29 is 9.21 Å². The number of nitrogens with one attached hydrogen (secondary N) is 1. The van der Waals surface area contributed by atoms with Gasteiger partial charge in [0.15, 0.2) is 0 Å². The van der Waals surface area contributed by atoms with Gasteiger partial charge in [-0.1, -0.05) is 28.1 Å². The van der Waals surface area contributed by atoms with Gasteiger partial charge in [0.25, 0.3) is 5.91 Å². The number of aromatic nitrogens is 1. The van der Waals surface area contributed by atoms with Crippen molar-refractivity contribution in [2.24, 2.45) is 5.10 Å². The third-order valence-electron chi connectivity index (χ3n) is 3.36. The molecule has 1 N–H and O–H groups in total. The first-order valence-corrected chi connectivity index (χ1v) is 8.02. The van der Waals surface area contributed by atoms with Gasteiger partial charge in [-0.15, -0.1) is 0 Å². The summed E-state index contributed by atoms with van der Waals surface area (Å²) in [5.41, 5.74) is 5.00. The second-order valence-corrected chi connectivity index (χ2v) is 5.96. The summed E-state index contributed by atoms with van der Waals surface area (Å²) in [7, 11) is 0. The van der Waals surface area contributed by atoms with Crippen LogP contribution < -0.4 is 5.43 Å². The Labute approximate surface area is 147 Å². The summed E-state index contributed by atoms with van der Waals surface area (Å²) in [5.74, 6) is 0.956. The van der Waals surface area contributed by atoms with Crippen LogP contribution >= 0.6 is 15.9 Å². The molecular formula is C18H14BrN3O2. The maximum absolute atomic E-state index is 11.8. The van der Waals surface area contributed by atoms with Crippen LogP contribution in [0.1, 0.15) is 21.7 Å². The number of benzene rings is 1. The van der Waals surface area contributed by atoms with Gasteiger partial charge in [0.2, 0.25) is 0 Å². The minimum absolute atomic E-state index is 0.325. The number of hydrogen-bond donors (Lipinski definition) is 1. The molecule has 0 radical (unpaired) electrons. The Hall–Kier alpha value is -2.73. The molecule has 0 aliphatic heterocycles. The lowest BCUT2D eigenvalue weighted by Crippen LogP contribution is -2.17. The predicted molar refractivity (Wildman–Crippen MR) is 95.9 cm³/mol. The molecule has 1 amide bonds. The molecule has 0 bridgehead atoms. The summed E-state index contributed by atoms with van der Waals surface area (Å²) < 4.78 is 6.74. The van der Waals surface area contributed by atoms with Gasteiger partial charge in [-0.25, -0.2) is 5.43 Å². The van der Waals surface area contributed by atoms with Crippen molar-refractivity contribution in [2.45, 2.75) is 6.92 Å². The number of carbonyl (C=O) groups is 1. The zero-order chi connectivity index (χ0) is 16.9. The average molecular weight is 384 g/mol. The van der Waals surface area contributed by atoms with Crippen LogP contribution in [0.3, 0.4) is 0 Å². The third-order valence-corrected chi connectivity index (χ3v) is 4.22. The number of pyridine rings is 1. The first-order valence-electron chi connectivity index (χ1n) is 7.23. The van der Waals surface area contributed by atoms with Gasteiger partial charge in [-0.2, -0.15) is 5.10 Å². The lowest BCUT2D eigenvalue weighted by atomic mass is 10.1. The number of rotatable bonds is 4. The largest absolute Gasteiger partial charge is 0.455 e. The van der Waals surface area contributed by atoms with Crippen LogP contribution in [0.25, 0.3) is 11.3 Å². The first kappa shape index (κ1) is 16.1. The van der Waals surface area contributed by atoms with Gasteiger partial charge in [0, 0.05) is 22.4 Å². The standard InChI is InChI=1S/C18H14BrN3O2/c1-12-4-5-13(9-16(12)19)17-7-6-15(24-17)11-21-22-18(23)14-3-2-8-20-10-14/h2-11H,1H3,(H,22,23)/b21-11-. The molecule has 2 aromatic heterocycles. The van der Waals surface area contributed by atoms with Crippen LogP contribution in [0.5, 0.6) is 0 Å². The van der Waals surface area contributed by atoms with Crippen LogP contribution in [-0.2, 0) is 0 Å². The van der Waals surface area contributed by atoms with E-state index in [-0.39, 0.29) is 5.91 Å². The number of carbonyl (C=O) groups excluding carboxylic acids is 1. The smallest absolute Gasteiger partial charge is 0.272 e. The van der Waals surface area contributed by atoms with E-state index in [1.54, 1.807) is 24.4 Å². The molecule has 120 valence electrons. The van der Waals surface area contributed by atoms with Crippen LogP contribution in [0, 0.1) is 6.92 Å². The van der Waals surface area contributed by atoms with Gasteiger partial charge in [-0.3, -0.25) is 9.78 Å². The molecule has 5 nitrogen and oxygen atoms in total. The Morgan fingerprint density at radius 3 is 2.92 bits per heavy atom. The van der Waals surface area contributed by atoms with E-state index in [9.17, 15) is 4.79 Å². The van der Waals surface area contributed by atoms with E-state index in [4.69, 9.17) is 4.42 Å². The molecule has 6 heteroatoms. The van der Waals surface area contributed by atoms with Crippen LogP contribution in [0.2, 0.25) is 0 Å². The number of hydrogen-bond acceptors (Lipinski definition) is 4. The van der Waals surface area contributed by atoms with Crippen LogP contribution in [0.4, 0.5) is 0 Å². The van der Waals surface area contributed by atoms with Crippen molar-refractivity contribution in [3.05, 3.63) is 76.2 Å². The monoisotopic (exact) mass is 383 g/mol. The molecular weight excluding hydrogens is 370 g/mol. The summed E-state index contributed by atoms with van der Waals surface area (Å²) in [5, 5.41) is 3.90. The van der Waals surface area contributed by atoms with E-state index in [2.05, 4.69) is 31.4 Å². The number of nitrogens with zero attached hydrogens (tertiary/aromatic N) is 2. The molecule has 0 fully saturated rings. The average Bonchev–Trinajstić information content (AvgIpc) is 3.07. The molecule has 3 rings (SSSR count). The summed E-state index contributed by atoms with van der Waals surface area (Å²) in [6.45, 7) is 2.03. The lowest BCUT2D eigenvalue weighted by molar-refractivity contribution is 0.0955. The topological polar surface area (TPSA) is 67.5 Å². The van der Waals surface area contributed by atoms with Crippen molar-refractivity contribution in [3.8, 4) is 11.3 Å². The minimum Gasteiger partial charge on any atom is -0.455 e. The van der Waals surface area contributed by atoms with Crippen LogP contribution in [-0.4, -0.2) is 17.1 Å². The van der Waals surface area contributed by atoms with Crippen LogP contribution in [0.15, 0.2) is 68.8 Å². The van der Waals surface area contributed by atoms with E-state index < -0.39 is 0 Å². The highest BCUT2D eigenvalue weighted by atomic mass is 79.9. The van der Waals surface area contributed by atoms with Crippen molar-refractivity contribution in [3.63, 3.8) is 0 Å². The van der Waals surface area contributed by atoms with E-state index >= 15 is 0 Å². The maximum atomic E-state index is 11.8. The first-order chi connectivity index (χ1) is 11.6. The highest BCUT2D eigenvalue weighted by molar-refractivity contribution is 9.10. The number of amides is 1. The lowest BCUT2D eigenvalue weighted by Gasteiger charge is -2.01. The molecule has 0 spiro atoms. The van der Waals surface area contributed by atoms with Gasteiger partial charge in [0.05, 0.1) is 11.8 Å². The van der Waals surface area contributed by atoms with Gasteiger partial charge >= 0.3 is 0 Å². The fourth-order valence-corrected chi connectivity index (χ4v) is 2.42. The number of halogens is 1. The molecule has 0 unspecified atom stereocenters. The minimum atomic E-state index is -0.325. The molecule has 2 heterocycles. The van der Waals surface area contributed by atoms with Crippen molar-refractivity contribution >= 4 is 28.1 Å². The Balaban J connectivity index is 1.67. The predicted octanol–water partition coefficient (Wildman–Crippen LogP) is 4.18. The van der Waals surface area contributed by atoms with E-state index in [1.807, 2.05) is 31.2 Å². The summed E-state index contributed by atoms with van der Waals surface area (Å²) >= 11 is 3.51. The third kappa shape index (κ3) is 3.78. The Bertz CT molecular complexity index is 888. The molecule has 3 aromatic rings. The van der Waals surface area contributed by atoms with E-state index in [0.29, 0.717) is 11.3 Å². The fourth-order valence-electron chi connectivity index (χ4n) is 2.04. The Morgan fingerprint density at radius 1 is 1.29 bits per heavy atom. The molecule has 1 aromatic carbocycles. The zero-order valence-electron chi connectivity index (χ0n) is 12.9. The summed E-state index contributed by atoms with van der Waals surface area (Å²) in [6.07, 6.45) is 4.54. The van der Waals surface area contributed by atoms with Crippen molar-refractivity contribution in [1.82, 2.24) is 10.4 Å². The van der Waals surface area contributed by atoms with E-state index in [0.717, 1.165) is 21.4 Å². The molecule has 0 aliphatic carbocycles. The Morgan fingerprint density at radius 2 is 2.17 bits per heavy atom. The molecule has 24 heavy (non-hydrogen) atoms. The van der Waals surface area contributed by atoms with Crippen molar-refractivity contribution in [2.75, 3.05) is 0 Å². The normalized spacial score (nSPS) is 10.9. The quantitative estimate of drug-likeness (QED) is 0.542. The van der Waals surface area contributed by atoms with Gasteiger partial charge in [0.1, 0.15) is 11.5 Å². The molecule has 0 atom stereocenters. The van der Waals surface area contributed by atoms with Gasteiger partial charge in [-0.05, 0) is 42.8 Å². The second kappa shape index (κ2) is 7.23. The molecule has 0 saturated carbocycles. The maximum Gasteiger partial charge on any atom is 0.272 e. The summed E-state index contributed by atoms with van der Waals surface area (Å²) in [6, 6.07) is 13.0. The number of furan rings is 1. The highest BCUT2D eigenvalue weighted by Crippen LogP contribution is 2.26.